The summed E-state index contributed by atoms with van der Waals surface area (Å²) in [4.78, 5) is 15.4. The van der Waals surface area contributed by atoms with Crippen LogP contribution in [0.4, 0.5) is 0 Å². The zero-order chi connectivity index (χ0) is 14.9. The van der Waals surface area contributed by atoms with Crippen molar-refractivity contribution in [3.63, 3.8) is 0 Å². The van der Waals surface area contributed by atoms with E-state index in [0.717, 1.165) is 31.8 Å². The summed E-state index contributed by atoms with van der Waals surface area (Å²) in [7, 11) is 0. The van der Waals surface area contributed by atoms with Crippen LogP contribution < -0.4 is 11.1 Å². The number of nitrogens with two attached hydrogens (primary N) is 1. The Labute approximate surface area is 131 Å². The molecular formula is C16H25N3OS. The molecule has 116 valence electrons. The van der Waals surface area contributed by atoms with Gasteiger partial charge in [0.15, 0.2) is 0 Å². The number of nitrogens with zero attached hydrogens (tertiary/aromatic N) is 1. The summed E-state index contributed by atoms with van der Waals surface area (Å²) in [6.07, 6.45) is 2.35. The van der Waals surface area contributed by atoms with Gasteiger partial charge in [0, 0.05) is 23.7 Å². The van der Waals surface area contributed by atoms with Gasteiger partial charge in [0.1, 0.15) is 0 Å². The van der Waals surface area contributed by atoms with Crippen LogP contribution in [-0.4, -0.2) is 49.3 Å². The number of carbonyl (C=O) groups is 1. The van der Waals surface area contributed by atoms with E-state index >= 15 is 0 Å². The smallest absolute Gasteiger partial charge is 0.234 e. The number of hydrogen-bond donors (Lipinski definition) is 2. The second-order valence-corrected chi connectivity index (χ2v) is 6.66. The summed E-state index contributed by atoms with van der Waals surface area (Å²) in [5.41, 5.74) is 5.72. The maximum absolute atomic E-state index is 11.9. The highest BCUT2D eigenvalue weighted by atomic mass is 32.2. The molecule has 1 amide bonds. The number of nitrogens with one attached hydrogen (secondary N) is 1. The molecule has 4 nitrogen and oxygen atoms in total. The summed E-state index contributed by atoms with van der Waals surface area (Å²) >= 11 is 1.77. The fraction of sp³-hybridized carbons (Fsp3) is 0.562. The molecule has 2 rings (SSSR count). The lowest BCUT2D eigenvalue weighted by Gasteiger charge is -2.31. The van der Waals surface area contributed by atoms with Crippen LogP contribution in [0.1, 0.15) is 12.8 Å². The van der Waals surface area contributed by atoms with Gasteiger partial charge in [-0.2, -0.15) is 0 Å². The summed E-state index contributed by atoms with van der Waals surface area (Å²) in [6.45, 7) is 3.93. The van der Waals surface area contributed by atoms with Crippen LogP contribution in [0.5, 0.6) is 0 Å². The second-order valence-electron chi connectivity index (χ2n) is 5.49. The first-order valence-electron chi connectivity index (χ1n) is 7.65. The van der Waals surface area contributed by atoms with Crippen LogP contribution in [0.3, 0.4) is 0 Å². The van der Waals surface area contributed by atoms with Crippen molar-refractivity contribution in [2.75, 3.05) is 38.5 Å². The Balaban J connectivity index is 1.59. The van der Waals surface area contributed by atoms with Gasteiger partial charge >= 0.3 is 0 Å². The molecule has 21 heavy (non-hydrogen) atoms. The van der Waals surface area contributed by atoms with Crippen molar-refractivity contribution in [3.8, 4) is 0 Å². The van der Waals surface area contributed by atoms with Crippen LogP contribution >= 0.6 is 11.8 Å². The highest BCUT2D eigenvalue weighted by molar-refractivity contribution is 7.99. The van der Waals surface area contributed by atoms with E-state index in [0.29, 0.717) is 19.0 Å². The van der Waals surface area contributed by atoms with Gasteiger partial charge in [0.05, 0.1) is 6.54 Å². The molecule has 0 spiro atoms. The first-order chi connectivity index (χ1) is 10.3. The lowest BCUT2D eigenvalue weighted by Crippen LogP contribution is -2.44. The average Bonchev–Trinajstić information content (AvgIpc) is 2.53. The Kier molecular flexibility index (Phi) is 7.06. The molecule has 0 aromatic heterocycles. The van der Waals surface area contributed by atoms with Crippen molar-refractivity contribution in [1.82, 2.24) is 10.2 Å². The van der Waals surface area contributed by atoms with Gasteiger partial charge in [-0.3, -0.25) is 9.69 Å². The van der Waals surface area contributed by atoms with Crippen LogP contribution in [-0.2, 0) is 4.79 Å². The average molecular weight is 307 g/mol. The van der Waals surface area contributed by atoms with E-state index in [2.05, 4.69) is 22.3 Å². The minimum atomic E-state index is 0.126. The number of rotatable bonds is 7. The topological polar surface area (TPSA) is 58.4 Å². The number of likely N-dealkylation sites (tertiary alicyclic amines) is 1. The monoisotopic (exact) mass is 307 g/mol. The Morgan fingerprint density at radius 1 is 1.38 bits per heavy atom. The van der Waals surface area contributed by atoms with Crippen molar-refractivity contribution in [3.05, 3.63) is 30.3 Å². The molecule has 5 heteroatoms. The van der Waals surface area contributed by atoms with Crippen molar-refractivity contribution in [1.29, 1.82) is 0 Å². The minimum absolute atomic E-state index is 0.126. The fourth-order valence-corrected chi connectivity index (χ4v) is 3.41. The molecule has 1 aliphatic rings. The van der Waals surface area contributed by atoms with Crippen LogP contribution in [0.15, 0.2) is 35.2 Å². The molecule has 0 radical (unpaired) electrons. The molecule has 1 heterocycles. The molecule has 3 N–H and O–H groups in total. The van der Waals surface area contributed by atoms with Gasteiger partial charge in [-0.25, -0.2) is 0 Å². The van der Waals surface area contributed by atoms with E-state index in [9.17, 15) is 4.79 Å². The lowest BCUT2D eigenvalue weighted by molar-refractivity contribution is -0.122. The first kappa shape index (κ1) is 16.3. The summed E-state index contributed by atoms with van der Waals surface area (Å²) in [5.74, 6) is 1.59. The third-order valence-electron chi connectivity index (χ3n) is 3.74. The number of benzene rings is 1. The zero-order valence-corrected chi connectivity index (χ0v) is 13.3. The van der Waals surface area contributed by atoms with E-state index in [4.69, 9.17) is 5.73 Å². The Bertz CT molecular complexity index is 427. The first-order valence-corrected chi connectivity index (χ1v) is 8.63. The second kappa shape index (κ2) is 9.07. The molecular weight excluding hydrogens is 282 g/mol. The highest BCUT2D eigenvalue weighted by Crippen LogP contribution is 2.16. The summed E-state index contributed by atoms with van der Waals surface area (Å²) < 4.78 is 0. The standard InChI is InChI=1S/C16H25N3OS/c17-11-14-5-4-9-19(12-14)13-16(20)18-8-10-21-15-6-2-1-3-7-15/h1-3,6-7,14H,4-5,8-13,17H2,(H,18,20). The Morgan fingerprint density at radius 2 is 2.19 bits per heavy atom. The number of hydrogen-bond acceptors (Lipinski definition) is 4. The third-order valence-corrected chi connectivity index (χ3v) is 4.75. The molecule has 1 atom stereocenters. The van der Waals surface area contributed by atoms with Gasteiger partial charge in [0.2, 0.25) is 5.91 Å². The van der Waals surface area contributed by atoms with Gasteiger partial charge in [-0.1, -0.05) is 18.2 Å². The minimum Gasteiger partial charge on any atom is -0.354 e. The Hall–Kier alpha value is -1.04. The predicted octanol–water partition coefficient (Wildman–Crippen LogP) is 1.57. The molecule has 0 saturated carbocycles. The SMILES string of the molecule is NCC1CCCN(CC(=O)NCCSc2ccccc2)C1. The van der Waals surface area contributed by atoms with E-state index in [1.807, 2.05) is 18.2 Å². The molecule has 1 unspecified atom stereocenters. The van der Waals surface area contributed by atoms with Gasteiger partial charge in [-0.05, 0) is 44.0 Å². The van der Waals surface area contributed by atoms with Crippen molar-refractivity contribution in [2.45, 2.75) is 17.7 Å². The largest absolute Gasteiger partial charge is 0.354 e. The maximum atomic E-state index is 11.9. The van der Waals surface area contributed by atoms with Gasteiger partial charge in [-0.15, -0.1) is 11.8 Å². The van der Waals surface area contributed by atoms with Crippen molar-refractivity contribution >= 4 is 17.7 Å². The molecule has 1 saturated heterocycles. The van der Waals surface area contributed by atoms with Crippen molar-refractivity contribution < 1.29 is 4.79 Å². The number of amides is 1. The molecule has 1 fully saturated rings. The zero-order valence-electron chi connectivity index (χ0n) is 12.5. The number of piperidine rings is 1. The maximum Gasteiger partial charge on any atom is 0.234 e. The quantitative estimate of drug-likeness (QED) is 0.593. The number of thioether (sulfide) groups is 1. The molecule has 1 aliphatic heterocycles. The lowest BCUT2D eigenvalue weighted by atomic mass is 9.98. The molecule has 1 aromatic carbocycles. The molecule has 0 aliphatic carbocycles. The van der Waals surface area contributed by atoms with Gasteiger partial charge < -0.3 is 11.1 Å². The van der Waals surface area contributed by atoms with Gasteiger partial charge in [0.25, 0.3) is 0 Å². The summed E-state index contributed by atoms with van der Waals surface area (Å²) in [5, 5.41) is 3.00. The van der Waals surface area contributed by atoms with Crippen LogP contribution in [0, 0.1) is 5.92 Å². The third kappa shape index (κ3) is 6.08. The molecule has 0 bridgehead atoms. The summed E-state index contributed by atoms with van der Waals surface area (Å²) in [6, 6.07) is 10.3. The fourth-order valence-electron chi connectivity index (χ4n) is 2.62. The predicted molar refractivity (Wildman–Crippen MR) is 88.4 cm³/mol. The number of carbonyl (C=O) groups excluding carboxylic acids is 1. The van der Waals surface area contributed by atoms with Crippen LogP contribution in [0.2, 0.25) is 0 Å². The highest BCUT2D eigenvalue weighted by Gasteiger charge is 2.20. The van der Waals surface area contributed by atoms with E-state index < -0.39 is 0 Å². The normalized spacial score (nSPS) is 19.4. The van der Waals surface area contributed by atoms with E-state index in [1.165, 1.54) is 11.3 Å². The van der Waals surface area contributed by atoms with E-state index in [1.54, 1.807) is 11.8 Å². The Morgan fingerprint density at radius 3 is 2.95 bits per heavy atom. The molecule has 1 aromatic rings. The van der Waals surface area contributed by atoms with E-state index in [-0.39, 0.29) is 5.91 Å². The van der Waals surface area contributed by atoms with Crippen LogP contribution in [0.25, 0.3) is 0 Å². The van der Waals surface area contributed by atoms with Crippen molar-refractivity contribution in [2.24, 2.45) is 11.7 Å².